The summed E-state index contributed by atoms with van der Waals surface area (Å²) in [5.74, 6) is -0.562. The van der Waals surface area contributed by atoms with E-state index in [1.54, 1.807) is 17.8 Å². The van der Waals surface area contributed by atoms with Crippen molar-refractivity contribution in [3.05, 3.63) is 47.9 Å². The summed E-state index contributed by atoms with van der Waals surface area (Å²) in [6.07, 6.45) is 3.05. The zero-order valence-electron chi connectivity index (χ0n) is 11.8. The zero-order valence-corrected chi connectivity index (χ0v) is 12.6. The molecule has 0 saturated carbocycles. The fourth-order valence-electron chi connectivity index (χ4n) is 1.82. The molecule has 4 nitrogen and oxygen atoms in total. The van der Waals surface area contributed by atoms with Gasteiger partial charge in [0.25, 0.3) is 5.91 Å². The van der Waals surface area contributed by atoms with Crippen molar-refractivity contribution in [1.29, 1.82) is 0 Å². The molecule has 0 unspecified atom stereocenters. The topological polar surface area (TPSA) is 54.0 Å². The molecule has 1 heterocycles. The first-order valence-electron chi connectivity index (χ1n) is 6.49. The molecule has 0 bridgehead atoms. The van der Waals surface area contributed by atoms with Gasteiger partial charge in [-0.15, -0.1) is 11.8 Å². The fraction of sp³-hybridized carbons (Fsp3) is 0.200. The molecular formula is C15H16FN3OS. The zero-order chi connectivity index (χ0) is 15.2. The normalized spacial score (nSPS) is 10.2. The van der Waals surface area contributed by atoms with Crippen LogP contribution in [0.1, 0.15) is 17.3 Å². The summed E-state index contributed by atoms with van der Waals surface area (Å²) in [6, 6.07) is 8.64. The number of hydrogen-bond acceptors (Lipinski definition) is 4. The second-order valence-corrected chi connectivity index (χ2v) is 5.15. The molecule has 110 valence electrons. The number of pyridine rings is 1. The number of nitrogens with zero attached hydrogens (tertiary/aromatic N) is 1. The van der Waals surface area contributed by atoms with Crippen molar-refractivity contribution in [1.82, 2.24) is 4.98 Å². The van der Waals surface area contributed by atoms with Crippen LogP contribution in [0.5, 0.6) is 0 Å². The fourth-order valence-corrected chi connectivity index (χ4v) is 2.28. The van der Waals surface area contributed by atoms with Crippen LogP contribution in [0.25, 0.3) is 0 Å². The molecule has 2 rings (SSSR count). The Labute approximate surface area is 127 Å². The summed E-state index contributed by atoms with van der Waals surface area (Å²) >= 11 is 1.58. The van der Waals surface area contributed by atoms with Gasteiger partial charge in [0.1, 0.15) is 11.6 Å². The number of rotatable bonds is 5. The van der Waals surface area contributed by atoms with Gasteiger partial charge in [-0.3, -0.25) is 4.79 Å². The van der Waals surface area contributed by atoms with E-state index in [1.165, 1.54) is 6.07 Å². The molecule has 0 saturated heterocycles. The molecule has 2 N–H and O–H groups in total. The maximum Gasteiger partial charge on any atom is 0.259 e. The lowest BCUT2D eigenvalue weighted by atomic mass is 10.2. The van der Waals surface area contributed by atoms with Crippen molar-refractivity contribution in [3.8, 4) is 0 Å². The number of carbonyl (C=O) groups excluding carboxylic acids is 1. The molecule has 1 aromatic carbocycles. The van der Waals surface area contributed by atoms with Crippen LogP contribution in [0.15, 0.2) is 41.4 Å². The van der Waals surface area contributed by atoms with Crippen molar-refractivity contribution in [2.24, 2.45) is 0 Å². The molecular weight excluding hydrogens is 289 g/mol. The number of nitrogens with one attached hydrogen (secondary N) is 2. The van der Waals surface area contributed by atoms with Crippen LogP contribution < -0.4 is 10.6 Å². The molecule has 1 aromatic heterocycles. The highest BCUT2D eigenvalue weighted by molar-refractivity contribution is 7.98. The van der Waals surface area contributed by atoms with E-state index in [1.807, 2.05) is 31.4 Å². The monoisotopic (exact) mass is 305 g/mol. The minimum absolute atomic E-state index is 0.186. The van der Waals surface area contributed by atoms with E-state index in [0.29, 0.717) is 18.1 Å². The van der Waals surface area contributed by atoms with E-state index < -0.39 is 11.7 Å². The van der Waals surface area contributed by atoms with Gasteiger partial charge in [0, 0.05) is 17.1 Å². The molecule has 0 radical (unpaired) electrons. The van der Waals surface area contributed by atoms with E-state index >= 15 is 0 Å². The van der Waals surface area contributed by atoms with Crippen LogP contribution in [-0.2, 0) is 0 Å². The first-order chi connectivity index (χ1) is 10.1. The lowest BCUT2D eigenvalue weighted by Crippen LogP contribution is -2.16. The number of thioether (sulfide) groups is 1. The van der Waals surface area contributed by atoms with Crippen LogP contribution in [0.3, 0.4) is 0 Å². The third kappa shape index (κ3) is 3.95. The smallest absolute Gasteiger partial charge is 0.259 e. The number of halogens is 1. The second kappa shape index (κ2) is 7.08. The molecule has 0 fully saturated rings. The number of amides is 1. The van der Waals surface area contributed by atoms with Crippen molar-refractivity contribution in [2.45, 2.75) is 11.8 Å². The SMILES string of the molecule is CCNc1ncc(F)cc1C(=O)Nc1cccc(SC)c1. The maximum atomic E-state index is 13.3. The summed E-state index contributed by atoms with van der Waals surface area (Å²) in [6.45, 7) is 2.48. The summed E-state index contributed by atoms with van der Waals surface area (Å²) < 4.78 is 13.3. The Bertz CT molecular complexity index is 649. The predicted molar refractivity (Wildman–Crippen MR) is 84.5 cm³/mol. The molecule has 0 aliphatic rings. The molecule has 1 amide bonds. The van der Waals surface area contributed by atoms with E-state index in [-0.39, 0.29) is 5.56 Å². The standard InChI is InChI=1S/C15H16FN3OS/c1-3-17-14-13(7-10(16)9-18-14)15(20)19-11-5-4-6-12(8-11)21-2/h4-9H,3H2,1-2H3,(H,17,18)(H,19,20). The summed E-state index contributed by atoms with van der Waals surface area (Å²) in [4.78, 5) is 17.2. The third-order valence-corrected chi connectivity index (χ3v) is 3.50. The van der Waals surface area contributed by atoms with Crippen molar-refractivity contribution < 1.29 is 9.18 Å². The highest BCUT2D eigenvalue weighted by Crippen LogP contribution is 2.21. The molecule has 21 heavy (non-hydrogen) atoms. The minimum Gasteiger partial charge on any atom is -0.370 e. The lowest BCUT2D eigenvalue weighted by molar-refractivity contribution is 0.102. The Balaban J connectivity index is 2.25. The van der Waals surface area contributed by atoms with E-state index in [4.69, 9.17) is 0 Å². The van der Waals surface area contributed by atoms with Gasteiger partial charge in [-0.25, -0.2) is 9.37 Å². The minimum atomic E-state index is -0.542. The van der Waals surface area contributed by atoms with Gasteiger partial charge in [0.15, 0.2) is 0 Å². The summed E-state index contributed by atoms with van der Waals surface area (Å²) in [5, 5.41) is 5.71. The predicted octanol–water partition coefficient (Wildman–Crippen LogP) is 3.63. The number of benzene rings is 1. The van der Waals surface area contributed by atoms with Crippen molar-refractivity contribution >= 4 is 29.2 Å². The van der Waals surface area contributed by atoms with Gasteiger partial charge >= 0.3 is 0 Å². The highest BCUT2D eigenvalue weighted by atomic mass is 32.2. The first kappa shape index (κ1) is 15.3. The summed E-state index contributed by atoms with van der Waals surface area (Å²) in [7, 11) is 0. The number of anilines is 2. The van der Waals surface area contributed by atoms with Crippen LogP contribution in [0.2, 0.25) is 0 Å². The van der Waals surface area contributed by atoms with Gasteiger partial charge in [-0.1, -0.05) is 6.07 Å². The summed E-state index contributed by atoms with van der Waals surface area (Å²) in [5.41, 5.74) is 0.852. The van der Waals surface area contributed by atoms with Gasteiger partial charge in [-0.05, 0) is 37.4 Å². The van der Waals surface area contributed by atoms with E-state index in [0.717, 1.165) is 11.1 Å². The maximum absolute atomic E-state index is 13.3. The molecule has 0 spiro atoms. The second-order valence-electron chi connectivity index (χ2n) is 4.27. The van der Waals surface area contributed by atoms with Gasteiger partial charge < -0.3 is 10.6 Å². The molecule has 0 aliphatic heterocycles. The molecule has 2 aromatic rings. The average Bonchev–Trinajstić information content (AvgIpc) is 2.49. The van der Waals surface area contributed by atoms with E-state index in [2.05, 4.69) is 15.6 Å². The van der Waals surface area contributed by atoms with Crippen LogP contribution in [0.4, 0.5) is 15.9 Å². The Morgan fingerprint density at radius 1 is 1.38 bits per heavy atom. The number of hydrogen-bond donors (Lipinski definition) is 2. The van der Waals surface area contributed by atoms with Gasteiger partial charge in [-0.2, -0.15) is 0 Å². The van der Waals surface area contributed by atoms with Crippen molar-refractivity contribution in [3.63, 3.8) is 0 Å². The highest BCUT2D eigenvalue weighted by Gasteiger charge is 2.14. The van der Waals surface area contributed by atoms with Crippen molar-refractivity contribution in [2.75, 3.05) is 23.4 Å². The molecule has 0 atom stereocenters. The average molecular weight is 305 g/mol. The quantitative estimate of drug-likeness (QED) is 0.828. The largest absolute Gasteiger partial charge is 0.370 e. The van der Waals surface area contributed by atoms with Crippen LogP contribution in [0, 0.1) is 5.82 Å². The molecule has 6 heteroatoms. The molecule has 0 aliphatic carbocycles. The Morgan fingerprint density at radius 2 is 2.19 bits per heavy atom. The third-order valence-electron chi connectivity index (χ3n) is 2.77. The number of carbonyl (C=O) groups is 1. The van der Waals surface area contributed by atoms with Crippen LogP contribution in [-0.4, -0.2) is 23.7 Å². The van der Waals surface area contributed by atoms with E-state index in [9.17, 15) is 9.18 Å². The van der Waals surface area contributed by atoms with Gasteiger partial charge in [0.05, 0.1) is 11.8 Å². The lowest BCUT2D eigenvalue weighted by Gasteiger charge is -2.10. The van der Waals surface area contributed by atoms with Gasteiger partial charge in [0.2, 0.25) is 0 Å². The Hall–Kier alpha value is -2.08. The Morgan fingerprint density at radius 3 is 2.90 bits per heavy atom. The first-order valence-corrected chi connectivity index (χ1v) is 7.71. The number of aromatic nitrogens is 1. The van der Waals surface area contributed by atoms with Crippen LogP contribution >= 0.6 is 11.8 Å². The Kier molecular flexibility index (Phi) is 5.16.